The number of urea groups is 1. The van der Waals surface area contributed by atoms with Gasteiger partial charge >= 0.3 is 12.1 Å². The molecule has 0 fully saturated rings. The fourth-order valence-corrected chi connectivity index (χ4v) is 2.48. The van der Waals surface area contributed by atoms with E-state index >= 15 is 0 Å². The van der Waals surface area contributed by atoms with E-state index < -0.39 is 23.3 Å². The quantitative estimate of drug-likeness (QED) is 0.756. The lowest BCUT2D eigenvalue weighted by Gasteiger charge is -2.29. The van der Waals surface area contributed by atoms with Crippen LogP contribution in [0.4, 0.5) is 15.4 Å². The molecule has 0 spiro atoms. The van der Waals surface area contributed by atoms with Crippen molar-refractivity contribution in [3.8, 4) is 11.3 Å². The summed E-state index contributed by atoms with van der Waals surface area (Å²) in [5.74, 6) is 0.385. The SMILES string of the molecule is CC(C)(C)OC(=O)NC(C)(C)c1ccc(-c2cccc(NC(N)=O)n2)cc1. The van der Waals surface area contributed by atoms with Crippen molar-refractivity contribution < 1.29 is 14.3 Å². The maximum Gasteiger partial charge on any atom is 0.408 e. The molecule has 0 aliphatic rings. The number of hydrogen-bond acceptors (Lipinski definition) is 4. The number of pyridine rings is 1. The number of carbonyl (C=O) groups is 2. The number of rotatable bonds is 4. The number of amides is 3. The summed E-state index contributed by atoms with van der Waals surface area (Å²) in [5, 5.41) is 5.34. The van der Waals surface area contributed by atoms with Crippen molar-refractivity contribution in [2.24, 2.45) is 5.73 Å². The lowest BCUT2D eigenvalue weighted by molar-refractivity contribution is 0.0470. The van der Waals surface area contributed by atoms with Gasteiger partial charge in [0.1, 0.15) is 11.4 Å². The first-order chi connectivity index (χ1) is 12.5. The molecule has 1 heterocycles. The molecular formula is C20H26N4O3. The lowest BCUT2D eigenvalue weighted by Crippen LogP contribution is -2.43. The summed E-state index contributed by atoms with van der Waals surface area (Å²) in [6, 6.07) is 12.3. The smallest absolute Gasteiger partial charge is 0.408 e. The number of primary amides is 1. The number of benzene rings is 1. The van der Waals surface area contributed by atoms with Crippen molar-refractivity contribution >= 4 is 17.9 Å². The summed E-state index contributed by atoms with van der Waals surface area (Å²) in [5.41, 5.74) is 6.46. The molecule has 3 amide bonds. The molecule has 7 nitrogen and oxygen atoms in total. The number of alkyl carbamates (subject to hydrolysis) is 1. The molecule has 0 aliphatic carbocycles. The van der Waals surface area contributed by atoms with Gasteiger partial charge in [-0.25, -0.2) is 14.6 Å². The van der Waals surface area contributed by atoms with E-state index in [0.29, 0.717) is 11.5 Å². The molecule has 0 saturated heterocycles. The van der Waals surface area contributed by atoms with Crippen molar-refractivity contribution in [1.29, 1.82) is 0 Å². The van der Waals surface area contributed by atoms with Gasteiger partial charge in [-0.2, -0.15) is 0 Å². The minimum atomic E-state index is -0.662. The average molecular weight is 370 g/mol. The van der Waals surface area contributed by atoms with Gasteiger partial charge in [0.25, 0.3) is 0 Å². The number of hydrogen-bond donors (Lipinski definition) is 3. The summed E-state index contributed by atoms with van der Waals surface area (Å²) >= 11 is 0. The highest BCUT2D eigenvalue weighted by atomic mass is 16.6. The van der Waals surface area contributed by atoms with E-state index in [1.165, 1.54) is 0 Å². The zero-order chi connectivity index (χ0) is 20.2. The van der Waals surface area contributed by atoms with Crippen LogP contribution in [-0.2, 0) is 10.3 Å². The number of ether oxygens (including phenoxy) is 1. The van der Waals surface area contributed by atoms with Crippen LogP contribution in [0.1, 0.15) is 40.2 Å². The van der Waals surface area contributed by atoms with Crippen molar-refractivity contribution in [2.75, 3.05) is 5.32 Å². The van der Waals surface area contributed by atoms with E-state index in [1.807, 2.05) is 65.0 Å². The van der Waals surface area contributed by atoms with E-state index in [2.05, 4.69) is 15.6 Å². The Hall–Kier alpha value is -3.09. The van der Waals surface area contributed by atoms with Crippen LogP contribution in [-0.4, -0.2) is 22.7 Å². The average Bonchev–Trinajstić information content (AvgIpc) is 2.52. The predicted molar refractivity (Wildman–Crippen MR) is 105 cm³/mol. The van der Waals surface area contributed by atoms with Crippen molar-refractivity contribution in [3.63, 3.8) is 0 Å². The number of nitrogens with one attached hydrogen (secondary N) is 2. The Morgan fingerprint density at radius 2 is 1.63 bits per heavy atom. The van der Waals surface area contributed by atoms with Crippen LogP contribution in [0.25, 0.3) is 11.3 Å². The molecule has 1 aromatic heterocycles. The molecular weight excluding hydrogens is 344 g/mol. The molecule has 2 aromatic rings. The highest BCUT2D eigenvalue weighted by Crippen LogP contribution is 2.25. The Labute approximate surface area is 159 Å². The number of anilines is 1. The van der Waals surface area contributed by atoms with Gasteiger partial charge in [0.05, 0.1) is 11.2 Å². The minimum Gasteiger partial charge on any atom is -0.444 e. The number of carbonyl (C=O) groups excluding carboxylic acids is 2. The summed E-state index contributed by atoms with van der Waals surface area (Å²) in [6.45, 7) is 9.27. The van der Waals surface area contributed by atoms with Crippen molar-refractivity contribution in [2.45, 2.75) is 45.8 Å². The summed E-state index contributed by atoms with van der Waals surface area (Å²) in [6.07, 6.45) is -0.469. The normalized spacial score (nSPS) is 11.6. The highest BCUT2D eigenvalue weighted by Gasteiger charge is 2.26. The maximum atomic E-state index is 12.1. The molecule has 0 unspecified atom stereocenters. The van der Waals surface area contributed by atoms with Gasteiger partial charge in [-0.05, 0) is 52.3 Å². The zero-order valence-corrected chi connectivity index (χ0v) is 16.3. The summed E-state index contributed by atoms with van der Waals surface area (Å²) in [4.78, 5) is 27.4. The Bertz CT molecular complexity index is 824. The number of aromatic nitrogens is 1. The molecule has 7 heteroatoms. The second-order valence-electron chi connectivity index (χ2n) is 7.73. The van der Waals surface area contributed by atoms with Gasteiger partial charge in [-0.1, -0.05) is 30.3 Å². The molecule has 1 aromatic carbocycles. The first kappa shape index (κ1) is 20.2. The van der Waals surface area contributed by atoms with Gasteiger partial charge in [-0.3, -0.25) is 5.32 Å². The van der Waals surface area contributed by atoms with Crippen LogP contribution >= 0.6 is 0 Å². The van der Waals surface area contributed by atoms with Gasteiger partial charge in [-0.15, -0.1) is 0 Å². The fraction of sp³-hybridized carbons (Fsp3) is 0.350. The van der Waals surface area contributed by atoms with E-state index in [0.717, 1.165) is 11.1 Å². The second kappa shape index (κ2) is 7.65. The first-order valence-electron chi connectivity index (χ1n) is 8.62. The van der Waals surface area contributed by atoms with E-state index in [4.69, 9.17) is 10.5 Å². The van der Waals surface area contributed by atoms with Gasteiger partial charge in [0.15, 0.2) is 0 Å². The third-order valence-electron chi connectivity index (χ3n) is 3.72. The molecule has 0 aliphatic heterocycles. The molecule has 144 valence electrons. The zero-order valence-electron chi connectivity index (χ0n) is 16.3. The van der Waals surface area contributed by atoms with Crippen LogP contribution in [0, 0.1) is 0 Å². The highest BCUT2D eigenvalue weighted by molar-refractivity contribution is 5.87. The molecule has 0 bridgehead atoms. The third-order valence-corrected chi connectivity index (χ3v) is 3.72. The van der Waals surface area contributed by atoms with Crippen LogP contribution in [0.2, 0.25) is 0 Å². The van der Waals surface area contributed by atoms with Crippen LogP contribution in [0.15, 0.2) is 42.5 Å². The Morgan fingerprint density at radius 1 is 1.00 bits per heavy atom. The molecule has 0 atom stereocenters. The standard InChI is InChI=1S/C20H26N4O3/c1-19(2,3)27-18(26)24-20(4,5)14-11-9-13(10-12-14)15-7-6-8-16(22-15)23-17(21)25/h6-12H,1-5H3,(H,24,26)(H3,21,22,23,25). The van der Waals surface area contributed by atoms with Crippen LogP contribution in [0.5, 0.6) is 0 Å². The molecule has 0 saturated carbocycles. The molecule has 4 N–H and O–H groups in total. The molecule has 27 heavy (non-hydrogen) atoms. The minimum absolute atomic E-state index is 0.385. The number of nitrogens with zero attached hydrogens (tertiary/aromatic N) is 1. The van der Waals surface area contributed by atoms with Crippen LogP contribution in [0.3, 0.4) is 0 Å². The number of nitrogens with two attached hydrogens (primary N) is 1. The molecule has 2 rings (SSSR count). The van der Waals surface area contributed by atoms with Gasteiger partial charge in [0, 0.05) is 5.56 Å². The molecule has 0 radical (unpaired) electrons. The van der Waals surface area contributed by atoms with Gasteiger partial charge in [0.2, 0.25) is 0 Å². The van der Waals surface area contributed by atoms with Crippen LogP contribution < -0.4 is 16.4 Å². The largest absolute Gasteiger partial charge is 0.444 e. The van der Waals surface area contributed by atoms with E-state index in [1.54, 1.807) is 12.1 Å². The van der Waals surface area contributed by atoms with Gasteiger partial charge < -0.3 is 15.8 Å². The fourth-order valence-electron chi connectivity index (χ4n) is 2.48. The van der Waals surface area contributed by atoms with Crippen molar-refractivity contribution in [3.05, 3.63) is 48.0 Å². The Balaban J connectivity index is 2.16. The second-order valence-corrected chi connectivity index (χ2v) is 7.73. The first-order valence-corrected chi connectivity index (χ1v) is 8.62. The monoisotopic (exact) mass is 370 g/mol. The maximum absolute atomic E-state index is 12.1. The lowest BCUT2D eigenvalue weighted by atomic mass is 9.93. The van der Waals surface area contributed by atoms with E-state index in [-0.39, 0.29) is 0 Å². The van der Waals surface area contributed by atoms with E-state index in [9.17, 15) is 9.59 Å². The Morgan fingerprint density at radius 3 is 2.19 bits per heavy atom. The Kier molecular flexibility index (Phi) is 5.73. The summed E-state index contributed by atoms with van der Waals surface area (Å²) < 4.78 is 5.33. The van der Waals surface area contributed by atoms with Crippen molar-refractivity contribution in [1.82, 2.24) is 10.3 Å². The topological polar surface area (TPSA) is 106 Å². The predicted octanol–water partition coefficient (Wildman–Crippen LogP) is 4.00. The summed E-state index contributed by atoms with van der Waals surface area (Å²) in [7, 11) is 0. The third kappa shape index (κ3) is 5.99.